The van der Waals surface area contributed by atoms with Crippen LogP contribution >= 0.6 is 0 Å². The summed E-state index contributed by atoms with van der Waals surface area (Å²) in [4.78, 5) is 19.1. The highest BCUT2D eigenvalue weighted by Gasteiger charge is 2.30. The molecule has 4 heteroatoms. The molecule has 1 aliphatic rings. The molecule has 1 aromatic carbocycles. The lowest BCUT2D eigenvalue weighted by atomic mass is 9.77. The van der Waals surface area contributed by atoms with Gasteiger partial charge in [0.15, 0.2) is 0 Å². The number of nitrogens with one attached hydrogen (secondary N) is 1. The topological polar surface area (TPSA) is 45.2 Å². The first-order valence-corrected chi connectivity index (χ1v) is 10.0. The van der Waals surface area contributed by atoms with E-state index in [-0.39, 0.29) is 5.91 Å². The number of benzene rings is 1. The average Bonchev–Trinajstić information content (AvgIpc) is 2.69. The van der Waals surface area contributed by atoms with Crippen molar-refractivity contribution in [1.82, 2.24) is 15.2 Å². The van der Waals surface area contributed by atoms with Crippen molar-refractivity contribution in [1.29, 1.82) is 0 Å². The van der Waals surface area contributed by atoms with Crippen molar-refractivity contribution in [3.05, 3.63) is 66.0 Å². The van der Waals surface area contributed by atoms with Crippen LogP contribution in [0.1, 0.15) is 43.0 Å². The van der Waals surface area contributed by atoms with Crippen LogP contribution in [0.3, 0.4) is 0 Å². The first kappa shape index (κ1) is 19.6. The zero-order valence-corrected chi connectivity index (χ0v) is 16.5. The molecule has 0 aliphatic heterocycles. The molecule has 1 aliphatic carbocycles. The zero-order valence-electron chi connectivity index (χ0n) is 16.5. The fourth-order valence-corrected chi connectivity index (χ4v) is 4.29. The molecule has 1 amide bonds. The standard InChI is InChI=1S/C23H31N3O/c1-26(2)23(21-10-6-7-15-24-21)20-13-11-19(12-14-20)17-25-22(27)16-18-8-4-3-5-9-18/h3-10,15,19-20,23H,11-14,16-17H2,1-2H3,(H,25,27). The van der Waals surface area contributed by atoms with E-state index in [1.54, 1.807) is 0 Å². The van der Waals surface area contributed by atoms with E-state index in [1.807, 2.05) is 42.6 Å². The Morgan fingerprint density at radius 2 is 1.78 bits per heavy atom. The van der Waals surface area contributed by atoms with E-state index in [0.29, 0.717) is 24.3 Å². The molecule has 1 unspecified atom stereocenters. The fourth-order valence-electron chi connectivity index (χ4n) is 4.29. The van der Waals surface area contributed by atoms with Gasteiger partial charge in [-0.1, -0.05) is 36.4 Å². The van der Waals surface area contributed by atoms with Gasteiger partial charge >= 0.3 is 0 Å². The maximum Gasteiger partial charge on any atom is 0.224 e. The van der Waals surface area contributed by atoms with Crippen LogP contribution in [0, 0.1) is 11.8 Å². The molecule has 0 radical (unpaired) electrons. The summed E-state index contributed by atoms with van der Waals surface area (Å²) in [6.45, 7) is 0.800. The molecule has 4 nitrogen and oxygen atoms in total. The van der Waals surface area contributed by atoms with Gasteiger partial charge in [0.05, 0.1) is 18.2 Å². The van der Waals surface area contributed by atoms with Gasteiger partial charge in [-0.05, 0) is 69.3 Å². The summed E-state index contributed by atoms with van der Waals surface area (Å²) in [6.07, 6.45) is 7.09. The van der Waals surface area contributed by atoms with Gasteiger partial charge in [-0.15, -0.1) is 0 Å². The predicted octanol–water partition coefficient (Wildman–Crippen LogP) is 3.85. The minimum atomic E-state index is 0.128. The van der Waals surface area contributed by atoms with Crippen LogP contribution in [0.15, 0.2) is 54.7 Å². The minimum absolute atomic E-state index is 0.128. The van der Waals surface area contributed by atoms with Crippen LogP contribution in [0.25, 0.3) is 0 Å². The smallest absolute Gasteiger partial charge is 0.224 e. The summed E-state index contributed by atoms with van der Waals surface area (Å²) in [6, 6.07) is 16.5. The van der Waals surface area contributed by atoms with E-state index in [0.717, 1.165) is 12.1 Å². The number of amides is 1. The van der Waals surface area contributed by atoms with Crippen molar-refractivity contribution >= 4 is 5.91 Å². The number of carbonyl (C=O) groups excluding carboxylic acids is 1. The second kappa shape index (κ2) is 9.65. The van der Waals surface area contributed by atoms with Gasteiger partial charge in [-0.25, -0.2) is 0 Å². The number of carbonyl (C=O) groups is 1. The lowest BCUT2D eigenvalue weighted by Gasteiger charge is -2.37. The summed E-state index contributed by atoms with van der Waals surface area (Å²) in [7, 11) is 4.30. The molecule has 1 N–H and O–H groups in total. The third-order valence-electron chi connectivity index (χ3n) is 5.68. The van der Waals surface area contributed by atoms with E-state index < -0.39 is 0 Å². The van der Waals surface area contributed by atoms with Crippen molar-refractivity contribution in [2.75, 3.05) is 20.6 Å². The van der Waals surface area contributed by atoms with Gasteiger partial charge in [0.25, 0.3) is 0 Å². The second-order valence-corrected chi connectivity index (χ2v) is 7.91. The van der Waals surface area contributed by atoms with Gasteiger partial charge < -0.3 is 10.2 Å². The normalized spacial score (nSPS) is 21.0. The molecular weight excluding hydrogens is 334 g/mol. The third-order valence-corrected chi connectivity index (χ3v) is 5.68. The second-order valence-electron chi connectivity index (χ2n) is 7.91. The molecule has 1 atom stereocenters. The van der Waals surface area contributed by atoms with E-state index in [1.165, 1.54) is 31.4 Å². The van der Waals surface area contributed by atoms with Gasteiger partial charge in [-0.2, -0.15) is 0 Å². The number of aromatic nitrogens is 1. The van der Waals surface area contributed by atoms with Gasteiger partial charge in [-0.3, -0.25) is 9.78 Å². The lowest BCUT2D eigenvalue weighted by Crippen LogP contribution is -2.35. The molecule has 3 rings (SSSR count). The average molecular weight is 366 g/mol. The number of hydrogen-bond donors (Lipinski definition) is 1. The van der Waals surface area contributed by atoms with Gasteiger partial charge in [0, 0.05) is 12.7 Å². The van der Waals surface area contributed by atoms with Crippen molar-refractivity contribution in [3.63, 3.8) is 0 Å². The summed E-state index contributed by atoms with van der Waals surface area (Å²) in [5.41, 5.74) is 2.24. The van der Waals surface area contributed by atoms with E-state index in [4.69, 9.17) is 0 Å². The first-order chi connectivity index (χ1) is 13.1. The summed E-state index contributed by atoms with van der Waals surface area (Å²) in [5, 5.41) is 3.14. The quantitative estimate of drug-likeness (QED) is 0.811. The van der Waals surface area contributed by atoms with Gasteiger partial charge in [0.2, 0.25) is 5.91 Å². The van der Waals surface area contributed by atoms with Crippen molar-refractivity contribution < 1.29 is 4.79 Å². The van der Waals surface area contributed by atoms with Crippen LogP contribution in [-0.2, 0) is 11.2 Å². The maximum atomic E-state index is 12.2. The first-order valence-electron chi connectivity index (χ1n) is 10.0. The monoisotopic (exact) mass is 365 g/mol. The van der Waals surface area contributed by atoms with Crippen LogP contribution in [0.4, 0.5) is 0 Å². The number of nitrogens with zero attached hydrogens (tertiary/aromatic N) is 2. The van der Waals surface area contributed by atoms with Crippen molar-refractivity contribution in [3.8, 4) is 0 Å². The minimum Gasteiger partial charge on any atom is -0.356 e. The Labute approximate surface area is 163 Å². The Balaban J connectivity index is 1.46. The Kier molecular flexibility index (Phi) is 6.99. The maximum absolute atomic E-state index is 12.2. The number of pyridine rings is 1. The SMILES string of the molecule is CN(C)C(c1ccccn1)C1CCC(CNC(=O)Cc2ccccc2)CC1. The molecule has 1 heterocycles. The summed E-state index contributed by atoms with van der Waals surface area (Å²) >= 11 is 0. The van der Waals surface area contributed by atoms with E-state index in [2.05, 4.69) is 41.4 Å². The number of hydrogen-bond acceptors (Lipinski definition) is 3. The van der Waals surface area contributed by atoms with Crippen molar-refractivity contribution in [2.45, 2.75) is 38.1 Å². The van der Waals surface area contributed by atoms with E-state index in [9.17, 15) is 4.79 Å². The molecule has 144 valence electrons. The highest BCUT2D eigenvalue weighted by molar-refractivity contribution is 5.78. The molecule has 27 heavy (non-hydrogen) atoms. The Bertz CT molecular complexity index is 694. The van der Waals surface area contributed by atoms with Crippen molar-refractivity contribution in [2.24, 2.45) is 11.8 Å². The zero-order chi connectivity index (χ0) is 19.1. The molecule has 0 bridgehead atoms. The highest BCUT2D eigenvalue weighted by Crippen LogP contribution is 2.38. The molecule has 0 spiro atoms. The predicted molar refractivity (Wildman–Crippen MR) is 109 cm³/mol. The Hall–Kier alpha value is -2.20. The largest absolute Gasteiger partial charge is 0.356 e. The summed E-state index contributed by atoms with van der Waals surface area (Å²) in [5.74, 6) is 1.35. The third kappa shape index (κ3) is 5.64. The Morgan fingerprint density at radius 3 is 2.41 bits per heavy atom. The van der Waals surface area contributed by atoms with E-state index >= 15 is 0 Å². The lowest BCUT2D eigenvalue weighted by molar-refractivity contribution is -0.120. The molecule has 1 saturated carbocycles. The van der Waals surface area contributed by atoms with Crippen LogP contribution in [0.5, 0.6) is 0 Å². The molecule has 1 fully saturated rings. The molecular formula is C23H31N3O. The van der Waals surface area contributed by atoms with Gasteiger partial charge in [0.1, 0.15) is 0 Å². The highest BCUT2D eigenvalue weighted by atomic mass is 16.1. The molecule has 1 aromatic heterocycles. The Morgan fingerprint density at radius 1 is 1.07 bits per heavy atom. The number of rotatable bonds is 7. The summed E-state index contributed by atoms with van der Waals surface area (Å²) < 4.78 is 0. The molecule has 2 aromatic rings. The van der Waals surface area contributed by atoms with Crippen LogP contribution < -0.4 is 5.32 Å². The van der Waals surface area contributed by atoms with Crippen LogP contribution in [0.2, 0.25) is 0 Å². The molecule has 0 saturated heterocycles. The van der Waals surface area contributed by atoms with Crippen LogP contribution in [-0.4, -0.2) is 36.4 Å². The fraction of sp³-hybridized carbons (Fsp3) is 0.478.